The van der Waals surface area contributed by atoms with Gasteiger partial charge >= 0.3 is 6.36 Å². The SMILES string of the molecule is Cc1cccc(C)c1N1C(=O)CS/C1=N\N=C/c1ccc2c(ccn3c(-c4ccc(OC(F)(F)F)cc4)cnc23)c1. The van der Waals surface area contributed by atoms with Crippen LogP contribution < -0.4 is 9.64 Å². The second kappa shape index (κ2) is 10.4. The smallest absolute Gasteiger partial charge is 0.406 e. The zero-order chi connectivity index (χ0) is 28.7. The van der Waals surface area contributed by atoms with Gasteiger partial charge < -0.3 is 4.74 Å². The highest BCUT2D eigenvalue weighted by molar-refractivity contribution is 8.15. The number of amides is 1. The summed E-state index contributed by atoms with van der Waals surface area (Å²) in [5, 5.41) is 11.0. The van der Waals surface area contributed by atoms with Crippen molar-refractivity contribution in [3.63, 3.8) is 0 Å². The van der Waals surface area contributed by atoms with Crippen molar-refractivity contribution in [1.29, 1.82) is 0 Å². The van der Waals surface area contributed by atoms with Crippen molar-refractivity contribution in [1.82, 2.24) is 9.38 Å². The summed E-state index contributed by atoms with van der Waals surface area (Å²) < 4.78 is 43.3. The Morgan fingerprint density at radius 2 is 1.78 bits per heavy atom. The Bertz CT molecular complexity index is 1840. The lowest BCUT2D eigenvalue weighted by molar-refractivity contribution is -0.274. The maximum atomic E-state index is 12.7. The van der Waals surface area contributed by atoms with E-state index in [0.29, 0.717) is 22.1 Å². The molecule has 1 fully saturated rings. The van der Waals surface area contributed by atoms with E-state index in [1.165, 1.54) is 23.9 Å². The number of carbonyl (C=O) groups is 1. The van der Waals surface area contributed by atoms with Crippen LogP contribution in [0.25, 0.3) is 27.7 Å². The van der Waals surface area contributed by atoms with Crippen LogP contribution in [-0.2, 0) is 4.79 Å². The van der Waals surface area contributed by atoms with Gasteiger partial charge in [-0.3, -0.25) is 14.1 Å². The number of amidine groups is 1. The predicted octanol–water partition coefficient (Wildman–Crippen LogP) is 7.14. The van der Waals surface area contributed by atoms with Gasteiger partial charge in [0.15, 0.2) is 5.17 Å². The van der Waals surface area contributed by atoms with Gasteiger partial charge in [0.2, 0.25) is 5.91 Å². The number of carbonyl (C=O) groups excluding carboxylic acids is 1. The summed E-state index contributed by atoms with van der Waals surface area (Å²) in [5.74, 6) is 0.00278. The third-order valence-corrected chi connectivity index (χ3v) is 7.59. The average molecular weight is 574 g/mol. The first-order valence-electron chi connectivity index (χ1n) is 12.6. The highest BCUT2D eigenvalue weighted by Crippen LogP contribution is 2.32. The summed E-state index contributed by atoms with van der Waals surface area (Å²) in [4.78, 5) is 18.9. The lowest BCUT2D eigenvalue weighted by Crippen LogP contribution is -2.30. The van der Waals surface area contributed by atoms with Crippen molar-refractivity contribution in [3.8, 4) is 17.0 Å². The number of hydrogen-bond donors (Lipinski definition) is 0. The number of fused-ring (bicyclic) bond motifs is 3. The molecule has 3 heterocycles. The van der Waals surface area contributed by atoms with Crippen LogP contribution in [0, 0.1) is 13.8 Å². The average Bonchev–Trinajstić information content (AvgIpc) is 3.52. The Labute approximate surface area is 237 Å². The van der Waals surface area contributed by atoms with Crippen molar-refractivity contribution < 1.29 is 22.7 Å². The van der Waals surface area contributed by atoms with Crippen molar-refractivity contribution in [2.24, 2.45) is 10.2 Å². The van der Waals surface area contributed by atoms with Crippen LogP contribution in [0.15, 0.2) is 89.3 Å². The zero-order valence-corrected chi connectivity index (χ0v) is 22.7. The Morgan fingerprint density at radius 3 is 2.51 bits per heavy atom. The molecule has 1 aliphatic rings. The van der Waals surface area contributed by atoms with E-state index in [9.17, 15) is 18.0 Å². The van der Waals surface area contributed by atoms with Gasteiger partial charge in [0.05, 0.1) is 29.5 Å². The van der Waals surface area contributed by atoms with Crippen LogP contribution in [0.5, 0.6) is 5.75 Å². The number of nitrogens with zero attached hydrogens (tertiary/aromatic N) is 5. The molecule has 7 nitrogen and oxygen atoms in total. The summed E-state index contributed by atoms with van der Waals surface area (Å²) in [6.45, 7) is 3.94. The molecule has 5 aromatic rings. The predicted molar refractivity (Wildman–Crippen MR) is 156 cm³/mol. The lowest BCUT2D eigenvalue weighted by atomic mass is 10.1. The molecule has 6 rings (SSSR count). The second-order valence-corrected chi connectivity index (χ2v) is 10.4. The standard InChI is InChI=1S/C30H22F3N5O2S/c1-18-4-3-5-19(2)27(18)38-26(39)17-41-29(38)36-35-15-20-6-11-24-22(14-20)12-13-37-25(16-34-28(24)37)21-7-9-23(10-8-21)40-30(31,32)33/h3-16H,17H2,1-2H3/b35-15-,36-29-. The molecule has 0 spiro atoms. The number of imidazole rings is 1. The summed E-state index contributed by atoms with van der Waals surface area (Å²) in [6, 6.07) is 19.3. The van der Waals surface area contributed by atoms with Crippen molar-refractivity contribution in [2.75, 3.05) is 10.7 Å². The topological polar surface area (TPSA) is 71.6 Å². The molecule has 206 valence electrons. The first-order chi connectivity index (χ1) is 19.7. The molecule has 41 heavy (non-hydrogen) atoms. The number of rotatable bonds is 5. The Morgan fingerprint density at radius 1 is 1.02 bits per heavy atom. The highest BCUT2D eigenvalue weighted by atomic mass is 32.2. The largest absolute Gasteiger partial charge is 0.573 e. The number of thioether (sulfide) groups is 1. The number of hydrogen-bond acceptors (Lipinski definition) is 6. The van der Waals surface area contributed by atoms with Crippen LogP contribution >= 0.6 is 11.8 Å². The Kier molecular flexibility index (Phi) is 6.74. The molecule has 3 aromatic carbocycles. The molecule has 2 aromatic heterocycles. The fourth-order valence-corrected chi connectivity index (χ4v) is 5.68. The Hall–Kier alpha value is -4.64. The number of ether oxygens (including phenoxy) is 1. The van der Waals surface area contributed by atoms with E-state index in [4.69, 9.17) is 0 Å². The monoisotopic (exact) mass is 573 g/mol. The van der Waals surface area contributed by atoms with E-state index in [2.05, 4.69) is 19.9 Å². The van der Waals surface area contributed by atoms with Crippen molar-refractivity contribution in [3.05, 3.63) is 95.8 Å². The number of halogens is 3. The Balaban J connectivity index is 1.26. The normalized spacial score (nSPS) is 15.2. The molecule has 1 aliphatic heterocycles. The van der Waals surface area contributed by atoms with Gasteiger partial charge in [-0.25, -0.2) is 4.98 Å². The van der Waals surface area contributed by atoms with Gasteiger partial charge in [-0.05, 0) is 78.4 Å². The number of benzene rings is 3. The van der Waals surface area contributed by atoms with Gasteiger partial charge in [-0.15, -0.1) is 18.3 Å². The number of aryl methyl sites for hydroxylation is 2. The van der Waals surface area contributed by atoms with Crippen molar-refractivity contribution in [2.45, 2.75) is 20.2 Å². The molecule has 0 unspecified atom stereocenters. The van der Waals surface area contributed by atoms with E-state index < -0.39 is 6.36 Å². The molecule has 0 atom stereocenters. The molecule has 1 saturated heterocycles. The summed E-state index contributed by atoms with van der Waals surface area (Å²) >= 11 is 1.36. The third kappa shape index (κ3) is 5.28. The van der Waals surface area contributed by atoms with Crippen molar-refractivity contribution >= 4 is 51.2 Å². The van der Waals surface area contributed by atoms with Gasteiger partial charge in [0.25, 0.3) is 0 Å². The molecule has 0 bridgehead atoms. The summed E-state index contributed by atoms with van der Waals surface area (Å²) in [6.07, 6.45) is 0.451. The maximum absolute atomic E-state index is 12.7. The van der Waals surface area contributed by atoms with E-state index in [-0.39, 0.29) is 11.7 Å². The van der Waals surface area contributed by atoms with Crippen LogP contribution in [0.3, 0.4) is 0 Å². The molecule has 0 aliphatic carbocycles. The van der Waals surface area contributed by atoms with Gasteiger partial charge in [0, 0.05) is 17.1 Å². The first-order valence-corrected chi connectivity index (χ1v) is 13.6. The maximum Gasteiger partial charge on any atom is 0.573 e. The highest BCUT2D eigenvalue weighted by Gasteiger charge is 2.32. The first kappa shape index (κ1) is 26.6. The molecule has 11 heteroatoms. The molecular weight excluding hydrogens is 551 g/mol. The minimum Gasteiger partial charge on any atom is -0.406 e. The van der Waals surface area contributed by atoms with Crippen LogP contribution in [0.1, 0.15) is 16.7 Å². The zero-order valence-electron chi connectivity index (χ0n) is 21.9. The minimum absolute atomic E-state index is 0.0271. The van der Waals surface area contributed by atoms with Gasteiger partial charge in [-0.2, -0.15) is 5.10 Å². The van der Waals surface area contributed by atoms with E-state index in [1.54, 1.807) is 29.4 Å². The third-order valence-electron chi connectivity index (χ3n) is 6.68. The molecule has 0 radical (unpaired) electrons. The minimum atomic E-state index is -4.74. The molecular formula is C30H22F3N5O2S. The number of pyridine rings is 1. The van der Waals surface area contributed by atoms with Crippen LogP contribution in [0.2, 0.25) is 0 Å². The number of para-hydroxylation sites is 1. The summed E-state index contributed by atoms with van der Waals surface area (Å²) in [7, 11) is 0. The van der Waals surface area contributed by atoms with E-state index in [0.717, 1.165) is 38.8 Å². The molecule has 1 amide bonds. The van der Waals surface area contributed by atoms with Crippen LogP contribution in [-0.4, -0.2) is 38.8 Å². The fraction of sp³-hybridized carbons (Fsp3) is 0.133. The number of anilines is 1. The van der Waals surface area contributed by atoms with Crippen LogP contribution in [0.4, 0.5) is 18.9 Å². The fourth-order valence-electron chi connectivity index (χ4n) is 4.87. The molecule has 0 saturated carbocycles. The van der Waals surface area contributed by atoms with E-state index >= 15 is 0 Å². The quantitative estimate of drug-likeness (QED) is 0.166. The number of aromatic nitrogens is 2. The second-order valence-electron chi connectivity index (χ2n) is 9.46. The molecule has 0 N–H and O–H groups in total. The number of alkyl halides is 3. The van der Waals surface area contributed by atoms with E-state index in [1.807, 2.05) is 66.9 Å². The summed E-state index contributed by atoms with van der Waals surface area (Å²) in [5.41, 5.74) is 5.80. The lowest BCUT2D eigenvalue weighted by Gasteiger charge is -2.20. The van der Waals surface area contributed by atoms with Gasteiger partial charge in [-0.1, -0.05) is 36.0 Å². The van der Waals surface area contributed by atoms with Gasteiger partial charge in [0.1, 0.15) is 11.4 Å².